The standard InChI is InChI=1S/C22H16ClN3O2S/c1-13-4-5-17-15(9-13)10-16(21(23)24-17)19-11-18(14-6-8-29-12-14)25-26(19)22(27)20-3-2-7-28-20/h2-10,12,19H,11H2,1H3/t19-/m1/s1. The normalized spacial score (nSPS) is 16.4. The van der Waals surface area contributed by atoms with E-state index in [1.807, 2.05) is 41.9 Å². The fraction of sp³-hybridized carbons (Fsp3) is 0.136. The van der Waals surface area contributed by atoms with Crippen LogP contribution in [-0.4, -0.2) is 21.6 Å². The number of halogens is 1. The number of fused-ring (bicyclic) bond motifs is 1. The number of hydrazone groups is 1. The second kappa shape index (κ2) is 7.13. The molecule has 0 saturated carbocycles. The first-order valence-electron chi connectivity index (χ1n) is 9.14. The number of amides is 1. The van der Waals surface area contributed by atoms with Crippen LogP contribution in [0, 0.1) is 6.92 Å². The number of rotatable bonds is 3. The van der Waals surface area contributed by atoms with Crippen molar-refractivity contribution in [3.63, 3.8) is 0 Å². The number of nitrogens with zero attached hydrogens (tertiary/aromatic N) is 3. The van der Waals surface area contributed by atoms with Gasteiger partial charge in [0.15, 0.2) is 5.76 Å². The lowest BCUT2D eigenvalue weighted by atomic mass is 9.99. The average molecular weight is 422 g/mol. The molecule has 1 amide bonds. The lowest BCUT2D eigenvalue weighted by molar-refractivity contribution is 0.0678. The Balaban J connectivity index is 1.61. The van der Waals surface area contributed by atoms with Crippen molar-refractivity contribution < 1.29 is 9.21 Å². The van der Waals surface area contributed by atoms with Gasteiger partial charge in [0.1, 0.15) is 5.15 Å². The third-order valence-electron chi connectivity index (χ3n) is 5.01. The quantitative estimate of drug-likeness (QED) is 0.390. The zero-order valence-electron chi connectivity index (χ0n) is 15.5. The second-order valence-corrected chi connectivity index (χ2v) is 8.11. The summed E-state index contributed by atoms with van der Waals surface area (Å²) in [5.41, 5.74) is 4.59. The van der Waals surface area contributed by atoms with Crippen LogP contribution in [0.1, 0.15) is 39.7 Å². The van der Waals surface area contributed by atoms with E-state index in [1.165, 1.54) is 11.3 Å². The van der Waals surface area contributed by atoms with Crippen LogP contribution in [0.2, 0.25) is 5.15 Å². The van der Waals surface area contributed by atoms with Crippen molar-refractivity contribution in [1.82, 2.24) is 9.99 Å². The first kappa shape index (κ1) is 18.1. The number of furan rings is 1. The SMILES string of the molecule is Cc1ccc2nc(Cl)c([C@H]3CC(c4ccsc4)=NN3C(=O)c3ccco3)cc2c1. The molecule has 4 heterocycles. The molecule has 144 valence electrons. The Morgan fingerprint density at radius 2 is 2.17 bits per heavy atom. The molecule has 1 aliphatic rings. The summed E-state index contributed by atoms with van der Waals surface area (Å²) >= 11 is 8.17. The zero-order chi connectivity index (χ0) is 20.0. The first-order chi connectivity index (χ1) is 14.1. The molecule has 1 aromatic carbocycles. The average Bonchev–Trinajstić information content (AvgIpc) is 3.48. The smallest absolute Gasteiger partial charge is 0.310 e. The van der Waals surface area contributed by atoms with E-state index in [0.717, 1.165) is 33.3 Å². The monoisotopic (exact) mass is 421 g/mol. The van der Waals surface area contributed by atoms with Crippen molar-refractivity contribution in [2.75, 3.05) is 0 Å². The van der Waals surface area contributed by atoms with Crippen LogP contribution in [0.25, 0.3) is 10.9 Å². The summed E-state index contributed by atoms with van der Waals surface area (Å²) < 4.78 is 5.33. The summed E-state index contributed by atoms with van der Waals surface area (Å²) in [5, 5.41) is 11.5. The minimum atomic E-state index is -0.354. The van der Waals surface area contributed by atoms with E-state index in [9.17, 15) is 4.79 Å². The lowest BCUT2D eigenvalue weighted by Crippen LogP contribution is -2.27. The van der Waals surface area contributed by atoms with Gasteiger partial charge in [0.25, 0.3) is 0 Å². The number of carbonyl (C=O) groups is 1. The summed E-state index contributed by atoms with van der Waals surface area (Å²) in [6.07, 6.45) is 2.04. The second-order valence-electron chi connectivity index (χ2n) is 6.97. The van der Waals surface area contributed by atoms with Crippen LogP contribution < -0.4 is 0 Å². The summed E-state index contributed by atoms with van der Waals surface area (Å²) in [6.45, 7) is 2.04. The number of pyridine rings is 1. The molecule has 0 saturated heterocycles. The van der Waals surface area contributed by atoms with E-state index in [1.54, 1.807) is 23.5 Å². The molecule has 0 unspecified atom stereocenters. The van der Waals surface area contributed by atoms with E-state index in [4.69, 9.17) is 16.0 Å². The minimum absolute atomic E-state index is 0.242. The molecule has 5 rings (SSSR count). The van der Waals surface area contributed by atoms with Crippen molar-refractivity contribution in [3.05, 3.63) is 87.1 Å². The Bertz CT molecular complexity index is 1230. The number of hydrogen-bond donors (Lipinski definition) is 0. The Kier molecular flexibility index (Phi) is 4.45. The Morgan fingerprint density at radius 3 is 2.93 bits per heavy atom. The maximum absolute atomic E-state index is 13.1. The van der Waals surface area contributed by atoms with E-state index in [-0.39, 0.29) is 17.7 Å². The Labute approximate surface area is 176 Å². The molecule has 29 heavy (non-hydrogen) atoms. The van der Waals surface area contributed by atoms with Crippen LogP contribution >= 0.6 is 22.9 Å². The summed E-state index contributed by atoms with van der Waals surface area (Å²) in [5.74, 6) is -0.0586. The minimum Gasteiger partial charge on any atom is -0.459 e. The van der Waals surface area contributed by atoms with Gasteiger partial charge in [0, 0.05) is 22.9 Å². The van der Waals surface area contributed by atoms with Gasteiger partial charge in [-0.3, -0.25) is 4.79 Å². The van der Waals surface area contributed by atoms with Gasteiger partial charge in [-0.05, 0) is 54.1 Å². The molecule has 0 radical (unpaired) electrons. The largest absolute Gasteiger partial charge is 0.459 e. The van der Waals surface area contributed by atoms with Crippen LogP contribution in [0.5, 0.6) is 0 Å². The predicted octanol–water partition coefficient (Wildman–Crippen LogP) is 5.84. The number of aromatic nitrogens is 1. The first-order valence-corrected chi connectivity index (χ1v) is 10.5. The van der Waals surface area contributed by atoms with Crippen LogP contribution in [0.4, 0.5) is 0 Å². The third-order valence-corrected chi connectivity index (χ3v) is 6.00. The molecule has 1 atom stereocenters. The van der Waals surface area contributed by atoms with Crippen molar-refractivity contribution in [1.29, 1.82) is 0 Å². The van der Waals surface area contributed by atoms with Crippen LogP contribution in [-0.2, 0) is 0 Å². The molecule has 0 aliphatic carbocycles. The van der Waals surface area contributed by atoms with Gasteiger partial charge in [-0.15, -0.1) is 0 Å². The fourth-order valence-electron chi connectivity index (χ4n) is 3.58. The maximum Gasteiger partial charge on any atom is 0.310 e. The molecule has 3 aromatic heterocycles. The molecule has 0 fully saturated rings. The molecule has 0 N–H and O–H groups in total. The molecular weight excluding hydrogens is 406 g/mol. The van der Waals surface area contributed by atoms with Gasteiger partial charge in [0.05, 0.1) is 23.5 Å². The van der Waals surface area contributed by atoms with Gasteiger partial charge in [0.2, 0.25) is 0 Å². The number of carbonyl (C=O) groups excluding carboxylic acids is 1. The predicted molar refractivity (Wildman–Crippen MR) is 115 cm³/mol. The number of thiophene rings is 1. The van der Waals surface area contributed by atoms with Crippen molar-refractivity contribution >= 4 is 45.5 Å². The summed E-state index contributed by atoms with van der Waals surface area (Å²) in [7, 11) is 0. The zero-order valence-corrected chi connectivity index (χ0v) is 17.1. The van der Waals surface area contributed by atoms with E-state index in [2.05, 4.69) is 16.2 Å². The number of benzene rings is 1. The summed E-state index contributed by atoms with van der Waals surface area (Å²) in [6, 6.07) is 13.0. The van der Waals surface area contributed by atoms with Gasteiger partial charge in [-0.25, -0.2) is 9.99 Å². The highest BCUT2D eigenvalue weighted by Gasteiger charge is 2.36. The molecule has 4 aromatic rings. The molecule has 5 nitrogen and oxygen atoms in total. The molecule has 0 spiro atoms. The van der Waals surface area contributed by atoms with Crippen molar-refractivity contribution in [2.24, 2.45) is 5.10 Å². The highest BCUT2D eigenvalue weighted by atomic mass is 35.5. The highest BCUT2D eigenvalue weighted by Crippen LogP contribution is 2.38. The Morgan fingerprint density at radius 1 is 1.28 bits per heavy atom. The van der Waals surface area contributed by atoms with Gasteiger partial charge in [-0.1, -0.05) is 23.2 Å². The van der Waals surface area contributed by atoms with Crippen LogP contribution in [0.15, 0.2) is 69.0 Å². The van der Waals surface area contributed by atoms with Gasteiger partial charge < -0.3 is 4.42 Å². The maximum atomic E-state index is 13.1. The van der Waals surface area contributed by atoms with Crippen molar-refractivity contribution in [2.45, 2.75) is 19.4 Å². The van der Waals surface area contributed by atoms with Gasteiger partial charge >= 0.3 is 5.91 Å². The van der Waals surface area contributed by atoms with E-state index >= 15 is 0 Å². The lowest BCUT2D eigenvalue weighted by Gasteiger charge is -2.22. The summed E-state index contributed by atoms with van der Waals surface area (Å²) in [4.78, 5) is 17.7. The number of hydrogen-bond acceptors (Lipinski definition) is 5. The molecule has 1 aliphatic heterocycles. The van der Waals surface area contributed by atoms with Crippen molar-refractivity contribution in [3.8, 4) is 0 Å². The highest BCUT2D eigenvalue weighted by molar-refractivity contribution is 7.08. The molecular formula is C22H16ClN3O2S. The number of aryl methyl sites for hydroxylation is 1. The molecule has 0 bridgehead atoms. The molecule has 7 heteroatoms. The third kappa shape index (κ3) is 3.24. The fourth-order valence-corrected chi connectivity index (χ4v) is 4.52. The Hall–Kier alpha value is -2.96. The topological polar surface area (TPSA) is 58.7 Å². The van der Waals surface area contributed by atoms with E-state index < -0.39 is 0 Å². The van der Waals surface area contributed by atoms with E-state index in [0.29, 0.717) is 11.6 Å². The van der Waals surface area contributed by atoms with Gasteiger partial charge in [-0.2, -0.15) is 16.4 Å². The van der Waals surface area contributed by atoms with Crippen LogP contribution in [0.3, 0.4) is 0 Å².